The molecule has 2 rings (SSSR count). The fourth-order valence-corrected chi connectivity index (χ4v) is 1.59. The highest BCUT2D eigenvalue weighted by molar-refractivity contribution is 6.03. The summed E-state index contributed by atoms with van der Waals surface area (Å²) in [6, 6.07) is 7.32. The number of aromatic amines is 1. The highest BCUT2D eigenvalue weighted by Crippen LogP contribution is 2.16. The molecule has 0 aliphatic heterocycles. The van der Waals surface area contributed by atoms with Gasteiger partial charge in [-0.15, -0.1) is 0 Å². The third-order valence-corrected chi connectivity index (χ3v) is 2.39. The molecule has 0 saturated carbocycles. The van der Waals surface area contributed by atoms with Gasteiger partial charge in [-0.05, 0) is 26.8 Å². The lowest BCUT2D eigenvalue weighted by Gasteiger charge is -2.17. The fraction of sp³-hybridized carbons (Fsp3) is 0.250. The van der Waals surface area contributed by atoms with Crippen molar-refractivity contribution < 1.29 is 19.4 Å². The Bertz CT molecular complexity index is 650. The van der Waals surface area contributed by atoms with Gasteiger partial charge in [0.25, 0.3) is 0 Å². The van der Waals surface area contributed by atoms with E-state index in [0.29, 0.717) is 5.56 Å². The summed E-state index contributed by atoms with van der Waals surface area (Å²) in [6.07, 6.45) is 2.66. The lowest BCUT2D eigenvalue weighted by molar-refractivity contribution is -0.148. The maximum atomic E-state index is 10.7. The van der Waals surface area contributed by atoms with Gasteiger partial charge in [-0.1, -0.05) is 24.8 Å². The molecule has 0 aliphatic rings. The summed E-state index contributed by atoms with van der Waals surface area (Å²) in [5, 5.41) is 9.51. The van der Waals surface area contributed by atoms with Crippen molar-refractivity contribution in [1.29, 1.82) is 0 Å². The highest BCUT2D eigenvalue weighted by atomic mass is 16.6. The van der Waals surface area contributed by atoms with Crippen LogP contribution in [0, 0.1) is 0 Å². The minimum absolute atomic E-state index is 0.325. The fourth-order valence-electron chi connectivity index (χ4n) is 1.59. The van der Waals surface area contributed by atoms with Gasteiger partial charge in [0.1, 0.15) is 5.60 Å². The van der Waals surface area contributed by atoms with Crippen molar-refractivity contribution in [2.24, 2.45) is 0 Å². The van der Waals surface area contributed by atoms with Crippen LogP contribution in [-0.2, 0) is 9.53 Å². The molecular formula is C16H19NO4. The van der Waals surface area contributed by atoms with Crippen molar-refractivity contribution in [3.63, 3.8) is 0 Å². The Morgan fingerprint density at radius 3 is 2.38 bits per heavy atom. The van der Waals surface area contributed by atoms with Crippen LogP contribution in [0.4, 0.5) is 0 Å². The molecule has 112 valence electrons. The lowest BCUT2D eigenvalue weighted by Crippen LogP contribution is -2.22. The summed E-state index contributed by atoms with van der Waals surface area (Å²) < 4.78 is 4.83. The number of carboxylic acids is 1. The number of H-pyrrole nitrogens is 1. The van der Waals surface area contributed by atoms with Crippen LogP contribution in [0.1, 0.15) is 31.1 Å². The number of fused-ring (bicyclic) bond motifs is 1. The number of nitrogens with one attached hydrogen (secondary N) is 1. The number of aromatic carboxylic acids is 1. The van der Waals surface area contributed by atoms with Gasteiger partial charge in [0.15, 0.2) is 0 Å². The first-order chi connectivity index (χ1) is 9.74. The molecule has 1 aromatic heterocycles. The first-order valence-corrected chi connectivity index (χ1v) is 6.39. The second-order valence-electron chi connectivity index (χ2n) is 5.29. The zero-order valence-corrected chi connectivity index (χ0v) is 12.3. The van der Waals surface area contributed by atoms with Crippen LogP contribution in [0.25, 0.3) is 10.9 Å². The quantitative estimate of drug-likeness (QED) is 0.656. The predicted molar refractivity (Wildman–Crippen MR) is 81.3 cm³/mol. The number of ether oxygens (including phenoxy) is 1. The average molecular weight is 289 g/mol. The molecule has 0 unspecified atom stereocenters. The van der Waals surface area contributed by atoms with E-state index in [9.17, 15) is 9.59 Å². The van der Waals surface area contributed by atoms with E-state index in [4.69, 9.17) is 9.84 Å². The normalized spacial score (nSPS) is 10.4. The number of aromatic nitrogens is 1. The lowest BCUT2D eigenvalue weighted by atomic mass is 10.2. The van der Waals surface area contributed by atoms with Gasteiger partial charge in [-0.2, -0.15) is 0 Å². The van der Waals surface area contributed by atoms with Gasteiger partial charge in [0.2, 0.25) is 0 Å². The van der Waals surface area contributed by atoms with Crippen LogP contribution in [0.15, 0.2) is 43.1 Å². The van der Waals surface area contributed by atoms with Crippen molar-refractivity contribution in [2.75, 3.05) is 0 Å². The van der Waals surface area contributed by atoms with Crippen LogP contribution < -0.4 is 0 Å². The van der Waals surface area contributed by atoms with Crippen molar-refractivity contribution in [2.45, 2.75) is 26.4 Å². The third-order valence-electron chi connectivity index (χ3n) is 2.39. The van der Waals surface area contributed by atoms with Crippen molar-refractivity contribution in [3.05, 3.63) is 48.7 Å². The Labute approximate surface area is 123 Å². The molecular weight excluding hydrogens is 270 g/mol. The molecule has 0 atom stereocenters. The van der Waals surface area contributed by atoms with Gasteiger partial charge in [0.05, 0.1) is 5.56 Å². The van der Waals surface area contributed by atoms with Gasteiger partial charge < -0.3 is 14.8 Å². The second-order valence-corrected chi connectivity index (χ2v) is 5.29. The molecule has 0 fully saturated rings. The Morgan fingerprint density at radius 2 is 1.90 bits per heavy atom. The summed E-state index contributed by atoms with van der Waals surface area (Å²) in [5.74, 6) is -1.27. The molecule has 5 heteroatoms. The van der Waals surface area contributed by atoms with Gasteiger partial charge in [-0.3, -0.25) is 0 Å². The van der Waals surface area contributed by atoms with Crippen LogP contribution in [0.3, 0.4) is 0 Å². The maximum Gasteiger partial charge on any atom is 0.337 e. The molecule has 0 aliphatic carbocycles. The van der Waals surface area contributed by atoms with E-state index in [2.05, 4.69) is 11.6 Å². The third kappa shape index (κ3) is 5.14. The monoisotopic (exact) mass is 289 g/mol. The number of rotatable bonds is 2. The number of carbonyl (C=O) groups is 2. The average Bonchev–Trinajstić information content (AvgIpc) is 2.81. The molecule has 0 spiro atoms. The molecule has 5 nitrogen and oxygen atoms in total. The number of hydrogen-bond acceptors (Lipinski definition) is 3. The van der Waals surface area contributed by atoms with Crippen molar-refractivity contribution >= 4 is 22.8 Å². The van der Waals surface area contributed by atoms with E-state index >= 15 is 0 Å². The summed E-state index contributed by atoms with van der Waals surface area (Å²) in [7, 11) is 0. The van der Waals surface area contributed by atoms with E-state index in [1.807, 2.05) is 39.0 Å². The molecule has 2 N–H and O–H groups in total. The molecule has 2 aromatic rings. The highest BCUT2D eigenvalue weighted by Gasteiger charge is 2.13. The molecule has 0 radical (unpaired) electrons. The molecule has 1 heterocycles. The SMILES string of the molecule is C=CC(=O)OC(C)(C)C.O=C(O)c1c[nH]c2ccccc12. The van der Waals surface area contributed by atoms with Gasteiger partial charge >= 0.3 is 11.9 Å². The zero-order valence-electron chi connectivity index (χ0n) is 12.3. The number of carboxylic acid groups (broad SMARTS) is 1. The molecule has 21 heavy (non-hydrogen) atoms. The van der Waals surface area contributed by atoms with Crippen molar-refractivity contribution in [1.82, 2.24) is 4.98 Å². The standard InChI is InChI=1S/C9H7NO2.C7H12O2/c11-9(12)7-5-10-8-4-2-1-3-6(7)8;1-5-6(8)9-7(2,3)4/h1-5,10H,(H,11,12);5H,1H2,2-4H3. The molecule has 0 bridgehead atoms. The first kappa shape index (κ1) is 16.5. The Morgan fingerprint density at radius 1 is 1.29 bits per heavy atom. The Hall–Kier alpha value is -2.56. The second kappa shape index (κ2) is 6.74. The van der Waals surface area contributed by atoms with Crippen LogP contribution in [-0.4, -0.2) is 27.6 Å². The Balaban J connectivity index is 0.000000222. The van der Waals surface area contributed by atoms with E-state index < -0.39 is 11.6 Å². The number of benzene rings is 1. The smallest absolute Gasteiger partial charge is 0.337 e. The summed E-state index contributed by atoms with van der Waals surface area (Å²) in [4.78, 5) is 24.0. The van der Waals surface area contributed by atoms with E-state index in [1.165, 1.54) is 6.20 Å². The van der Waals surface area contributed by atoms with E-state index in [1.54, 1.807) is 6.07 Å². The van der Waals surface area contributed by atoms with Gasteiger partial charge in [-0.25, -0.2) is 9.59 Å². The molecule has 0 saturated heterocycles. The number of para-hydroxylation sites is 1. The van der Waals surface area contributed by atoms with Crippen LogP contribution in [0.2, 0.25) is 0 Å². The summed E-state index contributed by atoms with van der Waals surface area (Å²) in [6.45, 7) is 8.71. The van der Waals surface area contributed by atoms with E-state index in [-0.39, 0.29) is 5.97 Å². The Kier molecular flexibility index (Phi) is 5.30. The number of esters is 1. The minimum Gasteiger partial charge on any atom is -0.478 e. The summed E-state index contributed by atoms with van der Waals surface area (Å²) >= 11 is 0. The topological polar surface area (TPSA) is 79.4 Å². The van der Waals surface area contributed by atoms with Crippen LogP contribution in [0.5, 0.6) is 0 Å². The maximum absolute atomic E-state index is 10.7. The predicted octanol–water partition coefficient (Wildman–Crippen LogP) is 3.38. The largest absolute Gasteiger partial charge is 0.478 e. The molecule has 0 amide bonds. The van der Waals surface area contributed by atoms with Gasteiger partial charge in [0, 0.05) is 23.2 Å². The number of hydrogen-bond donors (Lipinski definition) is 2. The number of carbonyl (C=O) groups excluding carboxylic acids is 1. The minimum atomic E-state index is -0.896. The van der Waals surface area contributed by atoms with Crippen molar-refractivity contribution in [3.8, 4) is 0 Å². The van der Waals surface area contributed by atoms with E-state index in [0.717, 1.165) is 17.0 Å². The first-order valence-electron chi connectivity index (χ1n) is 6.39. The van der Waals surface area contributed by atoms with Crippen LogP contribution >= 0.6 is 0 Å². The zero-order chi connectivity index (χ0) is 16.0. The summed E-state index contributed by atoms with van der Waals surface area (Å²) in [5.41, 5.74) is 0.783. The molecule has 1 aromatic carbocycles.